The molecule has 0 aliphatic heterocycles. The summed E-state index contributed by atoms with van der Waals surface area (Å²) in [6.45, 7) is 2.46. The van der Waals surface area contributed by atoms with Crippen LogP contribution < -0.4 is 15.0 Å². The number of hydrogen-bond acceptors (Lipinski definition) is 4. The molecule has 94 valence electrons. The second kappa shape index (κ2) is 5.35. The highest BCUT2D eigenvalue weighted by atomic mass is 16.5. The Kier molecular flexibility index (Phi) is 3.62. The van der Waals surface area contributed by atoms with Crippen molar-refractivity contribution in [2.24, 2.45) is 0 Å². The minimum absolute atomic E-state index is 0.225. The first-order valence-corrected chi connectivity index (χ1v) is 5.61. The molecule has 0 amide bonds. The van der Waals surface area contributed by atoms with Crippen molar-refractivity contribution in [2.45, 2.75) is 6.92 Å². The van der Waals surface area contributed by atoms with Crippen molar-refractivity contribution in [2.75, 3.05) is 13.7 Å². The molecule has 0 unspecified atom stereocenters. The number of benzene rings is 1. The molecule has 1 aromatic heterocycles. The number of hydrogen-bond donors (Lipinski definition) is 1. The molecule has 5 heteroatoms. The number of aromatic amines is 1. The lowest BCUT2D eigenvalue weighted by Crippen LogP contribution is -2.05. The van der Waals surface area contributed by atoms with Crippen molar-refractivity contribution in [3.05, 3.63) is 40.7 Å². The van der Waals surface area contributed by atoms with Crippen molar-refractivity contribution in [3.8, 4) is 22.8 Å². The zero-order chi connectivity index (χ0) is 13.0. The Bertz CT molecular complexity index is 573. The fourth-order valence-corrected chi connectivity index (χ4v) is 1.61. The van der Waals surface area contributed by atoms with Gasteiger partial charge in [0.05, 0.1) is 19.4 Å². The predicted octanol–water partition coefficient (Wildman–Crippen LogP) is 1.84. The average Bonchev–Trinajstić information content (AvgIpc) is 2.40. The predicted molar refractivity (Wildman–Crippen MR) is 68.0 cm³/mol. The molecule has 1 aromatic carbocycles. The Hall–Kier alpha value is -2.30. The van der Waals surface area contributed by atoms with E-state index in [1.165, 1.54) is 6.07 Å². The number of nitrogens with one attached hydrogen (secondary N) is 1. The lowest BCUT2D eigenvalue weighted by molar-refractivity contribution is 0.311. The van der Waals surface area contributed by atoms with E-state index in [0.717, 1.165) is 5.56 Å². The summed E-state index contributed by atoms with van der Waals surface area (Å²) in [6.07, 6.45) is 0. The maximum Gasteiger partial charge on any atom is 0.264 e. The highest BCUT2D eigenvalue weighted by molar-refractivity contribution is 5.63. The highest BCUT2D eigenvalue weighted by Crippen LogP contribution is 2.31. The third-order valence-corrected chi connectivity index (χ3v) is 2.44. The summed E-state index contributed by atoms with van der Waals surface area (Å²) < 4.78 is 10.7. The van der Waals surface area contributed by atoms with Crippen LogP contribution in [0.1, 0.15) is 6.92 Å². The van der Waals surface area contributed by atoms with Crippen molar-refractivity contribution in [1.82, 2.24) is 10.2 Å². The second-order valence-corrected chi connectivity index (χ2v) is 3.61. The van der Waals surface area contributed by atoms with E-state index in [-0.39, 0.29) is 5.56 Å². The Labute approximate surface area is 104 Å². The van der Waals surface area contributed by atoms with Crippen LogP contribution in [0.5, 0.6) is 11.5 Å². The Morgan fingerprint density at radius 1 is 1.22 bits per heavy atom. The minimum Gasteiger partial charge on any atom is -0.493 e. The number of aromatic nitrogens is 2. The quantitative estimate of drug-likeness (QED) is 0.894. The summed E-state index contributed by atoms with van der Waals surface area (Å²) in [6, 6.07) is 8.61. The molecule has 0 atom stereocenters. The van der Waals surface area contributed by atoms with Crippen LogP contribution in [0.4, 0.5) is 0 Å². The van der Waals surface area contributed by atoms with Crippen molar-refractivity contribution < 1.29 is 9.47 Å². The van der Waals surface area contributed by atoms with Gasteiger partial charge in [-0.15, -0.1) is 0 Å². The van der Waals surface area contributed by atoms with E-state index in [1.807, 2.05) is 25.1 Å². The first-order valence-electron chi connectivity index (χ1n) is 5.61. The van der Waals surface area contributed by atoms with Crippen LogP contribution in [0.25, 0.3) is 11.3 Å². The molecule has 1 N–H and O–H groups in total. The monoisotopic (exact) mass is 246 g/mol. The summed E-state index contributed by atoms with van der Waals surface area (Å²) >= 11 is 0. The van der Waals surface area contributed by atoms with E-state index in [2.05, 4.69) is 10.2 Å². The number of rotatable bonds is 4. The molecule has 18 heavy (non-hydrogen) atoms. The lowest BCUT2D eigenvalue weighted by atomic mass is 10.1. The van der Waals surface area contributed by atoms with Gasteiger partial charge in [0.25, 0.3) is 5.56 Å². The zero-order valence-electron chi connectivity index (χ0n) is 10.3. The molecule has 0 saturated carbocycles. The smallest absolute Gasteiger partial charge is 0.264 e. The molecule has 0 radical (unpaired) electrons. The molecular weight excluding hydrogens is 232 g/mol. The molecule has 0 saturated heterocycles. The number of nitrogens with zero attached hydrogens (tertiary/aromatic N) is 1. The van der Waals surface area contributed by atoms with E-state index < -0.39 is 0 Å². The summed E-state index contributed by atoms with van der Waals surface area (Å²) in [5.41, 5.74) is 1.31. The van der Waals surface area contributed by atoms with Gasteiger partial charge in [0.1, 0.15) is 0 Å². The number of methoxy groups -OCH3 is 1. The van der Waals surface area contributed by atoms with Gasteiger partial charge in [0.2, 0.25) is 0 Å². The molecular formula is C13H14N2O3. The lowest BCUT2D eigenvalue weighted by Gasteiger charge is -2.10. The molecule has 0 fully saturated rings. The largest absolute Gasteiger partial charge is 0.493 e. The molecule has 0 bridgehead atoms. The average molecular weight is 246 g/mol. The fourth-order valence-electron chi connectivity index (χ4n) is 1.61. The van der Waals surface area contributed by atoms with E-state index in [9.17, 15) is 4.79 Å². The van der Waals surface area contributed by atoms with E-state index >= 15 is 0 Å². The van der Waals surface area contributed by atoms with Crippen molar-refractivity contribution >= 4 is 0 Å². The standard InChI is InChI=1S/C13H14N2O3/c1-3-18-12-8-9(4-6-11(12)17-2)10-5-7-13(16)15-14-10/h4-8H,3H2,1-2H3,(H,15,16). The highest BCUT2D eigenvalue weighted by Gasteiger charge is 2.07. The number of ether oxygens (including phenoxy) is 2. The molecule has 2 aromatic rings. The topological polar surface area (TPSA) is 64.2 Å². The van der Waals surface area contributed by atoms with Gasteiger partial charge in [0, 0.05) is 11.6 Å². The fraction of sp³-hybridized carbons (Fsp3) is 0.231. The summed E-state index contributed by atoms with van der Waals surface area (Å²) in [5.74, 6) is 1.33. The third kappa shape index (κ3) is 2.51. The summed E-state index contributed by atoms with van der Waals surface area (Å²) in [5, 5.41) is 6.37. The Balaban J connectivity index is 2.42. The first-order chi connectivity index (χ1) is 8.74. The Morgan fingerprint density at radius 3 is 2.67 bits per heavy atom. The van der Waals surface area contributed by atoms with Gasteiger partial charge >= 0.3 is 0 Å². The van der Waals surface area contributed by atoms with Gasteiger partial charge < -0.3 is 9.47 Å². The molecule has 2 rings (SSSR count). The SMILES string of the molecule is CCOc1cc(-c2ccc(=O)[nH]n2)ccc1OC. The van der Waals surface area contributed by atoms with Crippen LogP contribution in [-0.2, 0) is 0 Å². The van der Waals surface area contributed by atoms with Gasteiger partial charge in [0.15, 0.2) is 11.5 Å². The Morgan fingerprint density at radius 2 is 2.06 bits per heavy atom. The van der Waals surface area contributed by atoms with Crippen molar-refractivity contribution in [1.29, 1.82) is 0 Å². The maximum atomic E-state index is 11.0. The number of H-pyrrole nitrogens is 1. The van der Waals surface area contributed by atoms with Crippen LogP contribution >= 0.6 is 0 Å². The van der Waals surface area contributed by atoms with Crippen LogP contribution in [0.15, 0.2) is 35.1 Å². The summed E-state index contributed by atoms with van der Waals surface area (Å²) in [4.78, 5) is 11.0. The van der Waals surface area contributed by atoms with Crippen LogP contribution in [0.2, 0.25) is 0 Å². The third-order valence-electron chi connectivity index (χ3n) is 2.44. The molecule has 5 nitrogen and oxygen atoms in total. The normalized spacial score (nSPS) is 10.1. The van der Waals surface area contributed by atoms with Gasteiger partial charge in [-0.2, -0.15) is 5.10 Å². The maximum absolute atomic E-state index is 11.0. The molecule has 1 heterocycles. The second-order valence-electron chi connectivity index (χ2n) is 3.61. The van der Waals surface area contributed by atoms with Crippen LogP contribution in [-0.4, -0.2) is 23.9 Å². The van der Waals surface area contributed by atoms with E-state index in [0.29, 0.717) is 23.8 Å². The van der Waals surface area contributed by atoms with Gasteiger partial charge in [-0.3, -0.25) is 4.79 Å². The first kappa shape index (κ1) is 12.2. The summed E-state index contributed by atoms with van der Waals surface area (Å²) in [7, 11) is 1.59. The van der Waals surface area contributed by atoms with Crippen LogP contribution in [0.3, 0.4) is 0 Å². The molecule has 0 aliphatic rings. The van der Waals surface area contributed by atoms with Gasteiger partial charge in [-0.25, -0.2) is 5.10 Å². The molecule has 0 spiro atoms. The van der Waals surface area contributed by atoms with Crippen molar-refractivity contribution in [3.63, 3.8) is 0 Å². The van der Waals surface area contributed by atoms with Gasteiger partial charge in [-0.05, 0) is 31.2 Å². The van der Waals surface area contributed by atoms with Crippen LogP contribution in [0, 0.1) is 0 Å². The zero-order valence-corrected chi connectivity index (χ0v) is 10.3. The minimum atomic E-state index is -0.225. The van der Waals surface area contributed by atoms with E-state index in [1.54, 1.807) is 13.2 Å². The van der Waals surface area contributed by atoms with E-state index in [4.69, 9.17) is 9.47 Å². The van der Waals surface area contributed by atoms with Gasteiger partial charge in [-0.1, -0.05) is 0 Å². The molecule has 0 aliphatic carbocycles.